The lowest BCUT2D eigenvalue weighted by molar-refractivity contribution is 0.0260. The third-order valence-electron chi connectivity index (χ3n) is 3.77. The molecule has 0 bridgehead atoms. The molecular formula is C12H23NO2. The van der Waals surface area contributed by atoms with Crippen LogP contribution in [0.25, 0.3) is 0 Å². The number of hydrogen-bond acceptors (Lipinski definition) is 3. The van der Waals surface area contributed by atoms with Gasteiger partial charge in [-0.05, 0) is 31.6 Å². The standard InChI is InChI=1S/C12H23NO2/c14-8-12(10-4-3-7-15-9-10)13-11-5-1-2-6-11/h10-14H,1-9H2. The van der Waals surface area contributed by atoms with Gasteiger partial charge in [-0.15, -0.1) is 0 Å². The van der Waals surface area contributed by atoms with Gasteiger partial charge in [-0.3, -0.25) is 0 Å². The number of ether oxygens (including phenoxy) is 1. The minimum Gasteiger partial charge on any atom is -0.395 e. The Morgan fingerprint density at radius 3 is 2.60 bits per heavy atom. The van der Waals surface area contributed by atoms with E-state index in [9.17, 15) is 5.11 Å². The Morgan fingerprint density at radius 2 is 2.00 bits per heavy atom. The maximum atomic E-state index is 9.42. The summed E-state index contributed by atoms with van der Waals surface area (Å²) in [6.07, 6.45) is 7.60. The molecule has 15 heavy (non-hydrogen) atoms. The van der Waals surface area contributed by atoms with Crippen LogP contribution < -0.4 is 5.32 Å². The first-order chi connectivity index (χ1) is 7.40. The Hall–Kier alpha value is -0.120. The second kappa shape index (κ2) is 5.83. The van der Waals surface area contributed by atoms with E-state index in [0.29, 0.717) is 12.0 Å². The molecule has 0 aromatic rings. The number of aliphatic hydroxyl groups is 1. The smallest absolute Gasteiger partial charge is 0.0588 e. The van der Waals surface area contributed by atoms with E-state index in [1.807, 2.05) is 0 Å². The molecule has 1 aliphatic heterocycles. The Bertz CT molecular complexity index is 174. The highest BCUT2D eigenvalue weighted by atomic mass is 16.5. The predicted molar refractivity (Wildman–Crippen MR) is 59.8 cm³/mol. The molecule has 0 aromatic carbocycles. The van der Waals surface area contributed by atoms with Gasteiger partial charge in [0.1, 0.15) is 0 Å². The van der Waals surface area contributed by atoms with Gasteiger partial charge in [0, 0.05) is 18.7 Å². The first-order valence-electron chi connectivity index (χ1n) is 6.35. The van der Waals surface area contributed by atoms with Gasteiger partial charge >= 0.3 is 0 Å². The van der Waals surface area contributed by atoms with Crippen LogP contribution in [0, 0.1) is 5.92 Å². The number of hydrogen-bond donors (Lipinski definition) is 2. The van der Waals surface area contributed by atoms with Crippen LogP contribution in [0.15, 0.2) is 0 Å². The molecule has 0 radical (unpaired) electrons. The van der Waals surface area contributed by atoms with E-state index in [4.69, 9.17) is 4.74 Å². The van der Waals surface area contributed by atoms with E-state index in [2.05, 4.69) is 5.32 Å². The first-order valence-corrected chi connectivity index (χ1v) is 6.35. The molecule has 2 N–H and O–H groups in total. The van der Waals surface area contributed by atoms with Crippen molar-refractivity contribution in [1.29, 1.82) is 0 Å². The van der Waals surface area contributed by atoms with Crippen molar-refractivity contribution in [3.8, 4) is 0 Å². The van der Waals surface area contributed by atoms with Crippen LogP contribution in [-0.4, -0.2) is 37.0 Å². The van der Waals surface area contributed by atoms with Gasteiger partial charge in [0.25, 0.3) is 0 Å². The van der Waals surface area contributed by atoms with Crippen molar-refractivity contribution in [3.63, 3.8) is 0 Å². The molecule has 1 aliphatic carbocycles. The summed E-state index contributed by atoms with van der Waals surface area (Å²) in [5.74, 6) is 0.518. The van der Waals surface area contributed by atoms with Crippen molar-refractivity contribution >= 4 is 0 Å². The molecule has 3 nitrogen and oxygen atoms in total. The van der Waals surface area contributed by atoms with Crippen molar-refractivity contribution in [2.24, 2.45) is 5.92 Å². The van der Waals surface area contributed by atoms with Crippen LogP contribution in [0.3, 0.4) is 0 Å². The van der Waals surface area contributed by atoms with Crippen LogP contribution in [0.4, 0.5) is 0 Å². The Morgan fingerprint density at radius 1 is 1.20 bits per heavy atom. The van der Waals surface area contributed by atoms with E-state index in [0.717, 1.165) is 19.6 Å². The minimum absolute atomic E-state index is 0.254. The normalized spacial score (nSPS) is 30.6. The van der Waals surface area contributed by atoms with Gasteiger partial charge in [0.2, 0.25) is 0 Å². The average molecular weight is 213 g/mol. The van der Waals surface area contributed by atoms with Gasteiger partial charge in [0.15, 0.2) is 0 Å². The zero-order valence-electron chi connectivity index (χ0n) is 9.45. The lowest BCUT2D eigenvalue weighted by Gasteiger charge is -2.31. The zero-order chi connectivity index (χ0) is 10.5. The fraction of sp³-hybridized carbons (Fsp3) is 1.00. The van der Waals surface area contributed by atoms with Crippen LogP contribution >= 0.6 is 0 Å². The van der Waals surface area contributed by atoms with E-state index >= 15 is 0 Å². The Labute approximate surface area is 92.2 Å². The first kappa shape index (κ1) is 11.4. The van der Waals surface area contributed by atoms with Crippen molar-refractivity contribution in [2.75, 3.05) is 19.8 Å². The second-order valence-corrected chi connectivity index (χ2v) is 4.91. The molecule has 0 amide bonds. The maximum Gasteiger partial charge on any atom is 0.0588 e. The summed E-state index contributed by atoms with van der Waals surface area (Å²) in [4.78, 5) is 0. The summed E-state index contributed by atoms with van der Waals surface area (Å²) in [6, 6.07) is 0.900. The molecule has 2 atom stereocenters. The highest BCUT2D eigenvalue weighted by Gasteiger charge is 2.26. The number of rotatable bonds is 4. The molecule has 2 aliphatic rings. The summed E-state index contributed by atoms with van der Waals surface area (Å²) in [7, 11) is 0. The molecule has 2 fully saturated rings. The van der Waals surface area contributed by atoms with Crippen molar-refractivity contribution in [1.82, 2.24) is 5.32 Å². The Balaban J connectivity index is 1.79. The maximum absolute atomic E-state index is 9.42. The molecule has 3 heteroatoms. The summed E-state index contributed by atoms with van der Waals surface area (Å²) in [5, 5.41) is 13.0. The lowest BCUT2D eigenvalue weighted by atomic mass is 9.93. The van der Waals surface area contributed by atoms with Gasteiger partial charge in [0.05, 0.1) is 13.2 Å². The van der Waals surface area contributed by atoms with Crippen molar-refractivity contribution < 1.29 is 9.84 Å². The van der Waals surface area contributed by atoms with Crippen molar-refractivity contribution in [2.45, 2.75) is 50.6 Å². The van der Waals surface area contributed by atoms with Gasteiger partial charge in [-0.2, -0.15) is 0 Å². The number of aliphatic hydroxyl groups excluding tert-OH is 1. The summed E-state index contributed by atoms with van der Waals surface area (Å²) >= 11 is 0. The molecule has 2 unspecified atom stereocenters. The fourth-order valence-corrected chi connectivity index (χ4v) is 2.82. The van der Waals surface area contributed by atoms with E-state index < -0.39 is 0 Å². The van der Waals surface area contributed by atoms with Crippen molar-refractivity contribution in [3.05, 3.63) is 0 Å². The van der Waals surface area contributed by atoms with Gasteiger partial charge in [-0.1, -0.05) is 12.8 Å². The van der Waals surface area contributed by atoms with Crippen LogP contribution in [0.2, 0.25) is 0 Å². The van der Waals surface area contributed by atoms with Crippen LogP contribution in [0.1, 0.15) is 38.5 Å². The average Bonchev–Trinajstić information content (AvgIpc) is 2.80. The minimum atomic E-state index is 0.254. The molecule has 0 aromatic heterocycles. The summed E-state index contributed by atoms with van der Waals surface area (Å²) < 4.78 is 5.48. The zero-order valence-corrected chi connectivity index (χ0v) is 9.45. The van der Waals surface area contributed by atoms with Gasteiger partial charge in [-0.25, -0.2) is 0 Å². The molecule has 0 spiro atoms. The van der Waals surface area contributed by atoms with E-state index in [1.165, 1.54) is 32.1 Å². The molecule has 1 heterocycles. The second-order valence-electron chi connectivity index (χ2n) is 4.91. The van der Waals surface area contributed by atoms with Gasteiger partial charge < -0.3 is 15.2 Å². The highest BCUT2D eigenvalue weighted by molar-refractivity contribution is 4.83. The van der Waals surface area contributed by atoms with E-state index in [-0.39, 0.29) is 12.6 Å². The quantitative estimate of drug-likeness (QED) is 0.740. The third-order valence-corrected chi connectivity index (χ3v) is 3.77. The predicted octanol–water partition coefficient (Wildman–Crippen LogP) is 1.31. The molecule has 88 valence electrons. The van der Waals surface area contributed by atoms with Crippen LogP contribution in [-0.2, 0) is 4.74 Å². The Kier molecular flexibility index (Phi) is 4.42. The lowest BCUT2D eigenvalue weighted by Crippen LogP contribution is -2.46. The number of nitrogens with one attached hydrogen (secondary N) is 1. The molecule has 1 saturated heterocycles. The topological polar surface area (TPSA) is 41.5 Å². The summed E-state index contributed by atoms with van der Waals surface area (Å²) in [5.41, 5.74) is 0. The highest BCUT2D eigenvalue weighted by Crippen LogP contribution is 2.22. The molecule has 1 saturated carbocycles. The van der Waals surface area contributed by atoms with Crippen LogP contribution in [0.5, 0.6) is 0 Å². The molecule has 2 rings (SSSR count). The molecular weight excluding hydrogens is 190 g/mol. The SMILES string of the molecule is OCC(NC1CCCC1)C1CCCOC1. The van der Waals surface area contributed by atoms with E-state index in [1.54, 1.807) is 0 Å². The third kappa shape index (κ3) is 3.16. The monoisotopic (exact) mass is 213 g/mol. The summed E-state index contributed by atoms with van der Waals surface area (Å²) in [6.45, 7) is 1.98. The fourth-order valence-electron chi connectivity index (χ4n) is 2.82. The largest absolute Gasteiger partial charge is 0.395 e.